The zero-order valence-electron chi connectivity index (χ0n) is 19.9. The van der Waals surface area contributed by atoms with Gasteiger partial charge in [-0.15, -0.1) is 0 Å². The Balaban J connectivity index is 1.39. The topological polar surface area (TPSA) is 65.5 Å². The van der Waals surface area contributed by atoms with Crippen LogP contribution in [0.15, 0.2) is 103 Å². The van der Waals surface area contributed by atoms with Crippen molar-refractivity contribution in [2.24, 2.45) is 0 Å². The van der Waals surface area contributed by atoms with Gasteiger partial charge in [-0.05, 0) is 0 Å². The predicted molar refractivity (Wildman–Crippen MR) is 150 cm³/mol. The van der Waals surface area contributed by atoms with Gasteiger partial charge in [-0.1, -0.05) is 0 Å². The van der Waals surface area contributed by atoms with Crippen LogP contribution >= 0.6 is 0 Å². The Kier molecular flexibility index (Phi) is 5.83. The number of hydrogen-bond donors (Lipinski definition) is 0. The molecule has 5 nitrogen and oxygen atoms in total. The Labute approximate surface area is 225 Å². The third-order valence-corrected chi connectivity index (χ3v) is 8.61. The number of benzene rings is 4. The van der Waals surface area contributed by atoms with Crippen molar-refractivity contribution in [3.05, 3.63) is 135 Å². The van der Waals surface area contributed by atoms with Gasteiger partial charge in [-0.2, -0.15) is 0 Å². The summed E-state index contributed by atoms with van der Waals surface area (Å²) < 4.78 is 1.92. The number of carbonyl (C=O) groups is 2. The zero-order chi connectivity index (χ0) is 26.2. The SMILES string of the molecule is [C-]#[N+]c1ccc(N(c2ccc(C#N)cc2)c2ccc(C=C3C(=O)c4cc5ccccc5cc4C3=O)[se]2)cc1. The van der Waals surface area contributed by atoms with Crippen LogP contribution in [0.3, 0.4) is 0 Å². The zero-order valence-corrected chi connectivity index (χ0v) is 21.6. The number of nitrogens with zero attached hydrogens (tertiary/aromatic N) is 3. The fraction of sp³-hybridized carbons (Fsp3) is 0. The van der Waals surface area contributed by atoms with Crippen molar-refractivity contribution in [2.45, 2.75) is 0 Å². The molecule has 0 radical (unpaired) electrons. The molecule has 0 aliphatic heterocycles. The average molecular weight is 554 g/mol. The molecule has 0 unspecified atom stereocenters. The summed E-state index contributed by atoms with van der Waals surface area (Å²) in [5.74, 6) is -0.473. The van der Waals surface area contributed by atoms with Crippen LogP contribution in [0.25, 0.3) is 21.7 Å². The number of hydrogen-bond acceptors (Lipinski definition) is 4. The van der Waals surface area contributed by atoms with E-state index in [9.17, 15) is 14.9 Å². The van der Waals surface area contributed by atoms with Gasteiger partial charge in [0, 0.05) is 0 Å². The van der Waals surface area contributed by atoms with Gasteiger partial charge >= 0.3 is 226 Å². The van der Waals surface area contributed by atoms with Gasteiger partial charge in [-0.3, -0.25) is 0 Å². The summed E-state index contributed by atoms with van der Waals surface area (Å²) in [7, 11) is 0. The second-order valence-corrected chi connectivity index (χ2v) is 11.1. The molecule has 0 N–H and O–H groups in total. The second kappa shape index (κ2) is 9.46. The van der Waals surface area contributed by atoms with Crippen molar-refractivity contribution in [1.82, 2.24) is 0 Å². The van der Waals surface area contributed by atoms with E-state index >= 15 is 0 Å². The van der Waals surface area contributed by atoms with Crippen molar-refractivity contribution < 1.29 is 9.59 Å². The van der Waals surface area contributed by atoms with Crippen LogP contribution in [-0.4, -0.2) is 26.1 Å². The summed E-state index contributed by atoms with van der Waals surface area (Å²) >= 11 is -0.195. The fourth-order valence-corrected chi connectivity index (χ4v) is 6.67. The number of carbonyl (C=O) groups excluding carboxylic acids is 2. The van der Waals surface area contributed by atoms with Crippen molar-refractivity contribution in [1.29, 1.82) is 5.26 Å². The first-order chi connectivity index (χ1) is 18.6. The van der Waals surface area contributed by atoms with Crippen LogP contribution in [0.5, 0.6) is 0 Å². The molecule has 0 saturated heterocycles. The molecule has 0 bridgehead atoms. The van der Waals surface area contributed by atoms with Crippen molar-refractivity contribution in [3.63, 3.8) is 0 Å². The number of ketones is 2. The molecular weight excluding hydrogens is 537 g/mol. The second-order valence-electron chi connectivity index (χ2n) is 8.76. The Morgan fingerprint density at radius 2 is 1.37 bits per heavy atom. The van der Waals surface area contributed by atoms with Gasteiger partial charge in [0.25, 0.3) is 0 Å². The maximum absolute atomic E-state index is 13.2. The van der Waals surface area contributed by atoms with Crippen LogP contribution in [0.1, 0.15) is 30.7 Å². The van der Waals surface area contributed by atoms with Crippen molar-refractivity contribution >= 4 is 64.5 Å². The summed E-state index contributed by atoms with van der Waals surface area (Å²) in [6.07, 6.45) is 1.73. The minimum absolute atomic E-state index is 0.195. The van der Waals surface area contributed by atoms with E-state index in [0.29, 0.717) is 22.4 Å². The summed E-state index contributed by atoms with van der Waals surface area (Å²) in [6.45, 7) is 7.26. The molecule has 0 saturated carbocycles. The number of fused-ring (bicyclic) bond motifs is 2. The molecule has 6 rings (SSSR count). The fourth-order valence-electron chi connectivity index (χ4n) is 4.59. The van der Waals surface area contributed by atoms with Gasteiger partial charge < -0.3 is 0 Å². The molecule has 0 spiro atoms. The summed E-state index contributed by atoms with van der Waals surface area (Å²) in [6, 6.07) is 32.1. The van der Waals surface area contributed by atoms with E-state index in [0.717, 1.165) is 31.1 Å². The summed E-state index contributed by atoms with van der Waals surface area (Å²) in [4.78, 5) is 32.0. The van der Waals surface area contributed by atoms with Gasteiger partial charge in [0.05, 0.1) is 0 Å². The maximum atomic E-state index is 13.2. The Morgan fingerprint density at radius 1 is 0.789 bits per heavy atom. The number of rotatable bonds is 4. The first-order valence-electron chi connectivity index (χ1n) is 11.8. The van der Waals surface area contributed by atoms with E-state index in [4.69, 9.17) is 6.57 Å². The standard InChI is InChI=1S/C32H17N3O2Se/c1-34-23-8-12-25(13-9-23)35(24-10-6-20(19-33)7-11-24)30-15-14-26(38-30)18-29-31(36)27-16-21-4-2-3-5-22(21)17-28(27)32(29)37/h2-18H. The van der Waals surface area contributed by atoms with Crippen LogP contribution < -0.4 is 4.90 Å². The van der Waals surface area contributed by atoms with E-state index in [1.807, 2.05) is 72.8 Å². The average Bonchev–Trinajstić information content (AvgIpc) is 3.51. The summed E-state index contributed by atoms with van der Waals surface area (Å²) in [5.41, 5.74) is 3.98. The molecule has 0 atom stereocenters. The monoisotopic (exact) mass is 555 g/mol. The molecule has 38 heavy (non-hydrogen) atoms. The first-order valence-corrected chi connectivity index (χ1v) is 13.5. The molecule has 1 aliphatic carbocycles. The molecule has 5 aromatic rings. The molecule has 1 aliphatic rings. The van der Waals surface area contributed by atoms with E-state index < -0.39 is 0 Å². The normalized spacial score (nSPS) is 12.2. The molecule has 0 fully saturated rings. The summed E-state index contributed by atoms with van der Waals surface area (Å²) in [5, 5.41) is 11.1. The molecule has 1 heterocycles. The Hall–Kier alpha value is -5.00. The van der Waals surface area contributed by atoms with E-state index in [-0.39, 0.29) is 31.6 Å². The minimum atomic E-state index is -0.236. The number of anilines is 3. The Bertz CT molecular complexity index is 1750. The molecule has 0 amide bonds. The van der Waals surface area contributed by atoms with Crippen molar-refractivity contribution in [3.8, 4) is 6.07 Å². The molecule has 1 aromatic heterocycles. The van der Waals surface area contributed by atoms with Crippen LogP contribution in [0, 0.1) is 17.9 Å². The van der Waals surface area contributed by atoms with Crippen molar-refractivity contribution in [2.75, 3.05) is 4.90 Å². The van der Waals surface area contributed by atoms with Gasteiger partial charge in [-0.25, -0.2) is 0 Å². The molecule has 4 aromatic carbocycles. The number of Topliss-reactive ketones (excluding diaryl/α,β-unsaturated/α-hetero) is 2. The van der Waals surface area contributed by atoms with Crippen LogP contribution in [-0.2, 0) is 0 Å². The van der Waals surface area contributed by atoms with E-state index in [1.165, 1.54) is 0 Å². The quantitative estimate of drug-likeness (QED) is 0.102. The van der Waals surface area contributed by atoms with Gasteiger partial charge in [0.15, 0.2) is 0 Å². The van der Waals surface area contributed by atoms with Gasteiger partial charge in [0.1, 0.15) is 0 Å². The number of nitriles is 1. The number of allylic oxidation sites excluding steroid dienone is 1. The van der Waals surface area contributed by atoms with Gasteiger partial charge in [0.2, 0.25) is 0 Å². The molecule has 178 valence electrons. The van der Waals surface area contributed by atoms with Crippen LogP contribution in [0.2, 0.25) is 0 Å². The van der Waals surface area contributed by atoms with E-state index in [2.05, 4.69) is 15.8 Å². The molecular formula is C32H17N3O2Se. The predicted octanol–water partition coefficient (Wildman–Crippen LogP) is 7.25. The van der Waals surface area contributed by atoms with E-state index in [1.54, 1.807) is 30.3 Å². The third kappa shape index (κ3) is 4.05. The first kappa shape index (κ1) is 23.4. The molecule has 6 heteroatoms. The van der Waals surface area contributed by atoms with Crippen LogP contribution in [0.4, 0.5) is 21.6 Å². The Morgan fingerprint density at radius 3 is 1.92 bits per heavy atom. The third-order valence-electron chi connectivity index (χ3n) is 6.48.